The number of hydrogen-bond donors (Lipinski definition) is 1. The van der Waals surface area contributed by atoms with E-state index in [9.17, 15) is 0 Å². The monoisotopic (exact) mass is 265 g/mol. The highest BCUT2D eigenvalue weighted by molar-refractivity contribution is 5.52. The zero-order valence-electron chi connectivity index (χ0n) is 11.7. The van der Waals surface area contributed by atoms with Gasteiger partial charge in [0, 0.05) is 5.69 Å². The summed E-state index contributed by atoms with van der Waals surface area (Å²) in [5.74, 6) is 0. The molecule has 1 heterocycles. The van der Waals surface area contributed by atoms with Crippen LogP contribution in [0, 0.1) is 22.7 Å². The Labute approximate surface area is 118 Å². The first-order valence-corrected chi connectivity index (χ1v) is 6.20. The Hall–Kier alpha value is -2.63. The number of nitriles is 2. The molecular weight excluding hydrogens is 250 g/mol. The van der Waals surface area contributed by atoms with Gasteiger partial charge in [0.05, 0.1) is 34.9 Å². The van der Waals surface area contributed by atoms with E-state index in [4.69, 9.17) is 10.5 Å². The first-order valence-electron chi connectivity index (χ1n) is 6.20. The average Bonchev–Trinajstić information content (AvgIpc) is 2.96. The minimum Gasteiger partial charge on any atom is -0.310 e. The molecule has 0 atom stereocenters. The van der Waals surface area contributed by atoms with Crippen molar-refractivity contribution in [2.24, 2.45) is 0 Å². The van der Waals surface area contributed by atoms with Gasteiger partial charge in [-0.15, -0.1) is 0 Å². The van der Waals surface area contributed by atoms with E-state index in [0.29, 0.717) is 11.1 Å². The zero-order chi connectivity index (χ0) is 14.8. The van der Waals surface area contributed by atoms with Crippen LogP contribution in [-0.4, -0.2) is 16.6 Å². The van der Waals surface area contributed by atoms with Crippen molar-refractivity contribution in [3.05, 3.63) is 47.5 Å². The van der Waals surface area contributed by atoms with Crippen LogP contribution in [-0.2, 0) is 5.54 Å². The maximum absolute atomic E-state index is 9.11. The van der Waals surface area contributed by atoms with Crippen molar-refractivity contribution >= 4 is 0 Å². The van der Waals surface area contributed by atoms with E-state index in [1.807, 2.05) is 29.8 Å². The molecule has 1 N–H and O–H groups in total. The molecule has 0 unspecified atom stereocenters. The molecular formula is C15H15N5. The van der Waals surface area contributed by atoms with E-state index in [-0.39, 0.29) is 5.54 Å². The number of nitrogens with zero attached hydrogens (tertiary/aromatic N) is 4. The molecule has 0 spiro atoms. The molecule has 5 nitrogen and oxygen atoms in total. The number of aromatic nitrogens is 2. The molecule has 0 saturated heterocycles. The Kier molecular flexibility index (Phi) is 3.56. The SMILES string of the molecule is CNC(C)(C)c1cncn1-c1ccc(C#N)c(C#N)c1. The third kappa shape index (κ3) is 2.27. The number of hydrogen-bond acceptors (Lipinski definition) is 4. The Morgan fingerprint density at radius 1 is 1.20 bits per heavy atom. The summed E-state index contributed by atoms with van der Waals surface area (Å²) in [5.41, 5.74) is 2.29. The van der Waals surface area contributed by atoms with Gasteiger partial charge in [0.1, 0.15) is 12.1 Å². The quantitative estimate of drug-likeness (QED) is 0.921. The Morgan fingerprint density at radius 3 is 2.50 bits per heavy atom. The molecule has 0 aliphatic rings. The van der Waals surface area contributed by atoms with Crippen molar-refractivity contribution in [2.75, 3.05) is 7.05 Å². The van der Waals surface area contributed by atoms with E-state index in [1.54, 1.807) is 24.7 Å². The van der Waals surface area contributed by atoms with Crippen molar-refractivity contribution in [3.63, 3.8) is 0 Å². The summed E-state index contributed by atoms with van der Waals surface area (Å²) in [6, 6.07) is 9.24. The van der Waals surface area contributed by atoms with Crippen LogP contribution in [0.5, 0.6) is 0 Å². The Balaban J connectivity index is 2.58. The summed E-state index contributed by atoms with van der Waals surface area (Å²) in [5, 5.41) is 21.3. The smallest absolute Gasteiger partial charge is 0.101 e. The molecule has 0 aliphatic carbocycles. The fourth-order valence-corrected chi connectivity index (χ4v) is 1.96. The van der Waals surface area contributed by atoms with Gasteiger partial charge in [0.2, 0.25) is 0 Å². The lowest BCUT2D eigenvalue weighted by Crippen LogP contribution is -2.35. The van der Waals surface area contributed by atoms with Crippen LogP contribution in [0.25, 0.3) is 5.69 Å². The average molecular weight is 265 g/mol. The van der Waals surface area contributed by atoms with Crippen molar-refractivity contribution in [1.29, 1.82) is 10.5 Å². The number of rotatable bonds is 3. The lowest BCUT2D eigenvalue weighted by Gasteiger charge is -2.25. The van der Waals surface area contributed by atoms with Gasteiger partial charge in [0.15, 0.2) is 0 Å². The van der Waals surface area contributed by atoms with Gasteiger partial charge in [-0.3, -0.25) is 0 Å². The van der Waals surface area contributed by atoms with Crippen LogP contribution >= 0.6 is 0 Å². The predicted molar refractivity (Wildman–Crippen MR) is 75.1 cm³/mol. The second kappa shape index (κ2) is 5.16. The fourth-order valence-electron chi connectivity index (χ4n) is 1.96. The van der Waals surface area contributed by atoms with Gasteiger partial charge in [-0.05, 0) is 39.1 Å². The lowest BCUT2D eigenvalue weighted by atomic mass is 10.0. The summed E-state index contributed by atoms with van der Waals surface area (Å²) in [7, 11) is 1.89. The summed E-state index contributed by atoms with van der Waals surface area (Å²) >= 11 is 0. The van der Waals surface area contributed by atoms with Crippen molar-refractivity contribution in [3.8, 4) is 17.8 Å². The molecule has 0 amide bonds. The van der Waals surface area contributed by atoms with Gasteiger partial charge in [-0.1, -0.05) is 0 Å². The maximum Gasteiger partial charge on any atom is 0.101 e. The van der Waals surface area contributed by atoms with E-state index < -0.39 is 0 Å². The highest BCUT2D eigenvalue weighted by Crippen LogP contribution is 2.23. The first kappa shape index (κ1) is 13.8. The summed E-state index contributed by atoms with van der Waals surface area (Å²) in [4.78, 5) is 4.19. The lowest BCUT2D eigenvalue weighted by molar-refractivity contribution is 0.425. The van der Waals surface area contributed by atoms with Gasteiger partial charge in [-0.2, -0.15) is 10.5 Å². The first-order chi connectivity index (χ1) is 9.53. The van der Waals surface area contributed by atoms with E-state index >= 15 is 0 Å². The molecule has 1 aromatic heterocycles. The van der Waals surface area contributed by atoms with Gasteiger partial charge < -0.3 is 9.88 Å². The van der Waals surface area contributed by atoms with Crippen LogP contribution in [0.4, 0.5) is 0 Å². The highest BCUT2D eigenvalue weighted by atomic mass is 15.1. The van der Waals surface area contributed by atoms with Gasteiger partial charge in [-0.25, -0.2) is 4.98 Å². The summed E-state index contributed by atoms with van der Waals surface area (Å²) < 4.78 is 1.92. The molecule has 2 aromatic rings. The third-order valence-electron chi connectivity index (χ3n) is 3.43. The number of benzene rings is 1. The molecule has 0 radical (unpaired) electrons. The Morgan fingerprint density at radius 2 is 1.90 bits per heavy atom. The van der Waals surface area contributed by atoms with E-state index in [1.165, 1.54) is 0 Å². The molecule has 5 heteroatoms. The number of nitrogens with one attached hydrogen (secondary N) is 1. The fraction of sp³-hybridized carbons (Fsp3) is 0.267. The second-order valence-electron chi connectivity index (χ2n) is 4.98. The predicted octanol–water partition coefficient (Wildman–Crippen LogP) is 2.07. The molecule has 0 saturated carbocycles. The topological polar surface area (TPSA) is 77.4 Å². The Bertz CT molecular complexity index is 713. The second-order valence-corrected chi connectivity index (χ2v) is 4.98. The molecule has 1 aromatic carbocycles. The highest BCUT2D eigenvalue weighted by Gasteiger charge is 2.23. The molecule has 0 fully saturated rings. The maximum atomic E-state index is 9.11. The standard InChI is InChI=1S/C15H15N5/c1-15(2,18-3)14-9-19-10-20(14)13-5-4-11(7-16)12(6-13)8-17/h4-6,9-10,18H,1-3H3. The van der Waals surface area contributed by atoms with Crippen molar-refractivity contribution in [2.45, 2.75) is 19.4 Å². The van der Waals surface area contributed by atoms with Gasteiger partial charge in [0.25, 0.3) is 0 Å². The molecule has 2 rings (SSSR count). The van der Waals surface area contributed by atoms with E-state index in [2.05, 4.69) is 24.1 Å². The molecule has 0 aliphatic heterocycles. The van der Waals surface area contributed by atoms with E-state index in [0.717, 1.165) is 11.4 Å². The van der Waals surface area contributed by atoms with Crippen LogP contribution in [0.2, 0.25) is 0 Å². The summed E-state index contributed by atoms with van der Waals surface area (Å²) in [6.07, 6.45) is 3.50. The zero-order valence-corrected chi connectivity index (χ0v) is 11.7. The minimum atomic E-state index is -0.253. The molecule has 20 heavy (non-hydrogen) atoms. The normalized spacial score (nSPS) is 10.8. The number of imidazole rings is 1. The van der Waals surface area contributed by atoms with Crippen LogP contribution in [0.3, 0.4) is 0 Å². The largest absolute Gasteiger partial charge is 0.310 e. The van der Waals surface area contributed by atoms with Crippen LogP contribution in [0.15, 0.2) is 30.7 Å². The third-order valence-corrected chi connectivity index (χ3v) is 3.43. The van der Waals surface area contributed by atoms with Crippen molar-refractivity contribution < 1.29 is 0 Å². The van der Waals surface area contributed by atoms with Gasteiger partial charge >= 0.3 is 0 Å². The van der Waals surface area contributed by atoms with Crippen LogP contribution < -0.4 is 5.32 Å². The summed E-state index contributed by atoms with van der Waals surface area (Å²) in [6.45, 7) is 4.10. The van der Waals surface area contributed by atoms with Crippen molar-refractivity contribution in [1.82, 2.24) is 14.9 Å². The molecule has 100 valence electrons. The van der Waals surface area contributed by atoms with Crippen LogP contribution in [0.1, 0.15) is 30.7 Å². The molecule has 0 bridgehead atoms. The minimum absolute atomic E-state index is 0.253.